The van der Waals surface area contributed by atoms with Crippen LogP contribution in [0.25, 0.3) is 0 Å². The van der Waals surface area contributed by atoms with Crippen molar-refractivity contribution in [1.29, 1.82) is 5.26 Å². The molecule has 0 aliphatic carbocycles. The van der Waals surface area contributed by atoms with Crippen molar-refractivity contribution in [1.82, 2.24) is 14.9 Å². The molecule has 1 aliphatic heterocycles. The second-order valence-corrected chi connectivity index (χ2v) is 10.3. The first-order chi connectivity index (χ1) is 14.6. The molecule has 4 heterocycles. The van der Waals surface area contributed by atoms with E-state index in [1.165, 1.54) is 29.0 Å². The summed E-state index contributed by atoms with van der Waals surface area (Å²) in [4.78, 5) is 14.5. The third kappa shape index (κ3) is 5.25. The predicted molar refractivity (Wildman–Crippen MR) is 124 cm³/mol. The first kappa shape index (κ1) is 21.0. The Kier molecular flexibility index (Phi) is 6.78. The summed E-state index contributed by atoms with van der Waals surface area (Å²) in [7, 11) is 0. The molecule has 1 unspecified atom stereocenters. The van der Waals surface area contributed by atoms with Crippen LogP contribution >= 0.6 is 22.7 Å². The van der Waals surface area contributed by atoms with Gasteiger partial charge in [-0.05, 0) is 56.0 Å². The van der Waals surface area contributed by atoms with E-state index < -0.39 is 0 Å². The standard InChI is InChI=1S/C23H27N5S2/c1-16(2)11-19-8-9-20(30-19)14-28-10-4-3-5-22(28)21-15-29-23(27-21)26-18-7-6-17(12-24)25-13-18/h6-9,13,15-16,22H,3-5,10-11,14H2,1-2H3,(H,26,27). The molecule has 3 aromatic rings. The largest absolute Gasteiger partial charge is 0.330 e. The van der Waals surface area contributed by atoms with Gasteiger partial charge in [-0.15, -0.1) is 22.7 Å². The van der Waals surface area contributed by atoms with Gasteiger partial charge in [0.15, 0.2) is 5.13 Å². The number of hydrogen-bond acceptors (Lipinski definition) is 7. The summed E-state index contributed by atoms with van der Waals surface area (Å²) < 4.78 is 0. The van der Waals surface area contributed by atoms with Crippen molar-refractivity contribution in [2.75, 3.05) is 11.9 Å². The molecule has 30 heavy (non-hydrogen) atoms. The number of nitriles is 1. The summed E-state index contributed by atoms with van der Waals surface area (Å²) >= 11 is 3.59. The molecule has 156 valence electrons. The number of thiazole rings is 1. The second kappa shape index (κ2) is 9.69. The van der Waals surface area contributed by atoms with E-state index in [0.717, 1.165) is 36.0 Å². The van der Waals surface area contributed by atoms with Crippen LogP contribution < -0.4 is 5.32 Å². The molecule has 0 amide bonds. The molecule has 0 aromatic carbocycles. The van der Waals surface area contributed by atoms with Gasteiger partial charge in [-0.3, -0.25) is 4.90 Å². The molecule has 1 aliphatic rings. The lowest BCUT2D eigenvalue weighted by Gasteiger charge is -2.34. The van der Waals surface area contributed by atoms with E-state index in [1.807, 2.05) is 23.5 Å². The third-order valence-electron chi connectivity index (χ3n) is 5.29. The van der Waals surface area contributed by atoms with E-state index in [2.05, 4.69) is 46.6 Å². The molecule has 0 bridgehead atoms. The van der Waals surface area contributed by atoms with E-state index in [4.69, 9.17) is 10.2 Å². The van der Waals surface area contributed by atoms with Crippen molar-refractivity contribution < 1.29 is 0 Å². The number of nitrogens with one attached hydrogen (secondary N) is 1. The molecule has 1 atom stereocenters. The highest BCUT2D eigenvalue weighted by Crippen LogP contribution is 2.35. The van der Waals surface area contributed by atoms with Gasteiger partial charge in [0.05, 0.1) is 23.6 Å². The number of aromatic nitrogens is 2. The minimum atomic E-state index is 0.375. The fourth-order valence-corrected chi connectivity index (χ4v) is 5.92. The summed E-state index contributed by atoms with van der Waals surface area (Å²) in [6.45, 7) is 6.69. The Labute approximate surface area is 186 Å². The Morgan fingerprint density at radius 1 is 1.23 bits per heavy atom. The average molecular weight is 438 g/mol. The number of likely N-dealkylation sites (tertiary alicyclic amines) is 1. The monoisotopic (exact) mass is 437 g/mol. The molecule has 0 spiro atoms. The topological polar surface area (TPSA) is 64.8 Å². The lowest BCUT2D eigenvalue weighted by molar-refractivity contribution is 0.139. The van der Waals surface area contributed by atoms with Crippen molar-refractivity contribution >= 4 is 33.5 Å². The number of anilines is 2. The van der Waals surface area contributed by atoms with Crippen LogP contribution in [0, 0.1) is 17.2 Å². The van der Waals surface area contributed by atoms with Crippen molar-refractivity contribution in [2.45, 2.75) is 52.1 Å². The van der Waals surface area contributed by atoms with Gasteiger partial charge in [0.2, 0.25) is 0 Å². The van der Waals surface area contributed by atoms with E-state index >= 15 is 0 Å². The Morgan fingerprint density at radius 2 is 2.10 bits per heavy atom. The Morgan fingerprint density at radius 3 is 2.87 bits per heavy atom. The number of nitrogens with zero attached hydrogens (tertiary/aromatic N) is 4. The van der Waals surface area contributed by atoms with Crippen molar-refractivity contribution in [3.63, 3.8) is 0 Å². The smallest absolute Gasteiger partial charge is 0.187 e. The van der Waals surface area contributed by atoms with Crippen molar-refractivity contribution in [3.8, 4) is 6.07 Å². The maximum atomic E-state index is 8.89. The second-order valence-electron chi connectivity index (χ2n) is 8.19. The normalized spacial score (nSPS) is 17.2. The van der Waals surface area contributed by atoms with Crippen molar-refractivity contribution in [3.05, 3.63) is 57.0 Å². The van der Waals surface area contributed by atoms with Gasteiger partial charge in [0.1, 0.15) is 11.8 Å². The van der Waals surface area contributed by atoms with Crippen LogP contribution in [0.1, 0.15) is 60.3 Å². The van der Waals surface area contributed by atoms with Gasteiger partial charge >= 0.3 is 0 Å². The lowest BCUT2D eigenvalue weighted by atomic mass is 10.00. The number of piperidine rings is 1. The number of hydrogen-bond donors (Lipinski definition) is 1. The van der Waals surface area contributed by atoms with E-state index in [1.54, 1.807) is 23.6 Å². The number of rotatable bonds is 7. The molecule has 1 saturated heterocycles. The molecule has 4 rings (SSSR count). The molecule has 7 heteroatoms. The molecule has 1 N–H and O–H groups in total. The molecule has 5 nitrogen and oxygen atoms in total. The van der Waals surface area contributed by atoms with Crippen LogP contribution in [0.4, 0.5) is 10.8 Å². The maximum absolute atomic E-state index is 8.89. The molecular formula is C23H27N5S2. The fraction of sp³-hybridized carbons (Fsp3) is 0.435. The summed E-state index contributed by atoms with van der Waals surface area (Å²) in [5, 5.41) is 15.3. The minimum Gasteiger partial charge on any atom is -0.330 e. The van der Waals surface area contributed by atoms with Gasteiger partial charge in [0.25, 0.3) is 0 Å². The zero-order valence-corrected chi connectivity index (χ0v) is 19.1. The van der Waals surface area contributed by atoms with Gasteiger partial charge < -0.3 is 5.32 Å². The number of thiophene rings is 1. The van der Waals surface area contributed by atoms with Crippen molar-refractivity contribution in [2.24, 2.45) is 5.92 Å². The fourth-order valence-electron chi connectivity index (χ4n) is 3.89. The predicted octanol–water partition coefficient (Wildman–Crippen LogP) is 6.14. The molecule has 3 aromatic heterocycles. The highest BCUT2D eigenvalue weighted by atomic mass is 32.1. The van der Waals surface area contributed by atoms with Crippen LogP contribution in [-0.2, 0) is 13.0 Å². The minimum absolute atomic E-state index is 0.375. The highest BCUT2D eigenvalue weighted by Gasteiger charge is 2.26. The summed E-state index contributed by atoms with van der Waals surface area (Å²) in [6.07, 6.45) is 6.51. The summed E-state index contributed by atoms with van der Waals surface area (Å²) in [5.74, 6) is 0.700. The zero-order chi connectivity index (χ0) is 20.9. The van der Waals surface area contributed by atoms with Crippen LogP contribution in [0.5, 0.6) is 0 Å². The lowest BCUT2D eigenvalue weighted by Crippen LogP contribution is -2.32. The average Bonchev–Trinajstić information content (AvgIpc) is 3.38. The summed E-state index contributed by atoms with van der Waals surface area (Å²) in [6, 6.07) is 10.6. The Hall–Kier alpha value is -2.27. The van der Waals surface area contributed by atoms with Gasteiger partial charge in [0, 0.05) is 21.7 Å². The van der Waals surface area contributed by atoms with E-state index in [9.17, 15) is 0 Å². The Balaban J connectivity index is 1.43. The summed E-state index contributed by atoms with van der Waals surface area (Å²) in [5.41, 5.74) is 2.43. The Bertz CT molecular complexity index is 999. The van der Waals surface area contributed by atoms with Gasteiger partial charge in [-0.2, -0.15) is 5.26 Å². The van der Waals surface area contributed by atoms with Crippen LogP contribution in [0.2, 0.25) is 0 Å². The maximum Gasteiger partial charge on any atom is 0.187 e. The van der Waals surface area contributed by atoms with Gasteiger partial charge in [-0.25, -0.2) is 9.97 Å². The van der Waals surface area contributed by atoms with Crippen LogP contribution in [0.15, 0.2) is 35.8 Å². The highest BCUT2D eigenvalue weighted by molar-refractivity contribution is 7.13. The van der Waals surface area contributed by atoms with E-state index in [0.29, 0.717) is 17.7 Å². The molecule has 0 radical (unpaired) electrons. The molecule has 1 fully saturated rings. The molecular weight excluding hydrogens is 410 g/mol. The number of pyridine rings is 1. The van der Waals surface area contributed by atoms with Crippen LogP contribution in [-0.4, -0.2) is 21.4 Å². The third-order valence-corrected chi connectivity index (χ3v) is 7.16. The van der Waals surface area contributed by atoms with Gasteiger partial charge in [-0.1, -0.05) is 20.3 Å². The first-order valence-electron chi connectivity index (χ1n) is 10.5. The zero-order valence-electron chi connectivity index (χ0n) is 17.5. The quantitative estimate of drug-likeness (QED) is 0.481. The molecule has 0 saturated carbocycles. The first-order valence-corrected chi connectivity index (χ1v) is 12.2. The van der Waals surface area contributed by atoms with E-state index in [-0.39, 0.29) is 0 Å². The SMILES string of the molecule is CC(C)Cc1ccc(CN2CCCCC2c2csc(Nc3ccc(C#N)nc3)n2)s1. The van der Waals surface area contributed by atoms with Crippen LogP contribution in [0.3, 0.4) is 0 Å².